The molecule has 0 aromatic heterocycles. The van der Waals surface area contributed by atoms with E-state index in [9.17, 15) is 14.4 Å². The molecule has 0 radical (unpaired) electrons. The van der Waals surface area contributed by atoms with Crippen LogP contribution in [0, 0.1) is 5.92 Å². The summed E-state index contributed by atoms with van der Waals surface area (Å²) in [4.78, 5) is 32.8. The first-order valence-corrected chi connectivity index (χ1v) is 6.89. The zero-order valence-electron chi connectivity index (χ0n) is 12.0. The van der Waals surface area contributed by atoms with Gasteiger partial charge in [-0.05, 0) is 12.3 Å². The van der Waals surface area contributed by atoms with E-state index in [1.807, 2.05) is 6.92 Å². The van der Waals surface area contributed by atoms with Crippen LogP contribution < -0.4 is 10.6 Å². The highest BCUT2D eigenvalue weighted by molar-refractivity contribution is 5.86. The molecule has 7 nitrogen and oxygen atoms in total. The summed E-state index contributed by atoms with van der Waals surface area (Å²) in [5, 5.41) is 22.1. The summed E-state index contributed by atoms with van der Waals surface area (Å²) >= 11 is 0. The molecule has 0 heterocycles. The number of carboxylic acids is 2. The number of urea groups is 1. The van der Waals surface area contributed by atoms with Crippen molar-refractivity contribution in [3.05, 3.63) is 0 Å². The molecule has 116 valence electrons. The molecule has 1 unspecified atom stereocenters. The van der Waals surface area contributed by atoms with E-state index < -0.39 is 30.4 Å². The molecule has 0 bridgehead atoms. The van der Waals surface area contributed by atoms with Crippen LogP contribution in [0.4, 0.5) is 4.79 Å². The van der Waals surface area contributed by atoms with Crippen LogP contribution in [0.25, 0.3) is 0 Å². The van der Waals surface area contributed by atoms with Gasteiger partial charge in [-0.1, -0.05) is 33.1 Å². The maximum Gasteiger partial charge on any atom is 0.326 e. The van der Waals surface area contributed by atoms with Gasteiger partial charge >= 0.3 is 18.0 Å². The highest BCUT2D eigenvalue weighted by Crippen LogP contribution is 2.11. The van der Waals surface area contributed by atoms with Crippen molar-refractivity contribution in [1.82, 2.24) is 10.6 Å². The minimum Gasteiger partial charge on any atom is -0.481 e. The average molecular weight is 288 g/mol. The lowest BCUT2D eigenvalue weighted by Gasteiger charge is -2.17. The third-order valence-electron chi connectivity index (χ3n) is 3.08. The molecular weight excluding hydrogens is 264 g/mol. The summed E-state index contributed by atoms with van der Waals surface area (Å²) in [5.74, 6) is -2.28. The van der Waals surface area contributed by atoms with Crippen LogP contribution in [0.1, 0.15) is 46.0 Å². The Morgan fingerprint density at radius 2 is 1.80 bits per heavy atom. The highest BCUT2D eigenvalue weighted by atomic mass is 16.4. The monoisotopic (exact) mass is 288 g/mol. The molecule has 0 aromatic carbocycles. The fraction of sp³-hybridized carbons (Fsp3) is 0.769. The molecule has 0 aliphatic heterocycles. The van der Waals surface area contributed by atoms with Crippen LogP contribution in [0.5, 0.6) is 0 Å². The Kier molecular flexibility index (Phi) is 9.15. The second-order valence-electron chi connectivity index (χ2n) is 4.76. The Morgan fingerprint density at radius 1 is 1.15 bits per heavy atom. The lowest BCUT2D eigenvalue weighted by atomic mass is 9.99. The fourth-order valence-electron chi connectivity index (χ4n) is 1.76. The van der Waals surface area contributed by atoms with E-state index in [-0.39, 0.29) is 0 Å². The smallest absolute Gasteiger partial charge is 0.326 e. The van der Waals surface area contributed by atoms with E-state index in [2.05, 4.69) is 17.6 Å². The molecular formula is C13H24N2O5. The third-order valence-corrected chi connectivity index (χ3v) is 3.08. The van der Waals surface area contributed by atoms with Gasteiger partial charge in [-0.2, -0.15) is 0 Å². The van der Waals surface area contributed by atoms with Crippen LogP contribution in [0.3, 0.4) is 0 Å². The van der Waals surface area contributed by atoms with Crippen LogP contribution in [0.15, 0.2) is 0 Å². The van der Waals surface area contributed by atoms with Gasteiger partial charge in [0.05, 0.1) is 6.42 Å². The number of carbonyl (C=O) groups is 3. The Morgan fingerprint density at radius 3 is 2.25 bits per heavy atom. The lowest BCUT2D eigenvalue weighted by Crippen LogP contribution is -2.47. The summed E-state index contributed by atoms with van der Waals surface area (Å²) < 4.78 is 0. The molecule has 2 amide bonds. The van der Waals surface area contributed by atoms with E-state index >= 15 is 0 Å². The Hall–Kier alpha value is -1.79. The van der Waals surface area contributed by atoms with Crippen LogP contribution in [-0.2, 0) is 9.59 Å². The minimum atomic E-state index is -1.41. The Bertz CT molecular complexity index is 333. The molecule has 7 heteroatoms. The average Bonchev–Trinajstić information content (AvgIpc) is 2.37. The second kappa shape index (κ2) is 10.1. The maximum atomic E-state index is 11.6. The first-order chi connectivity index (χ1) is 9.40. The SMILES string of the molecule is CCCCC(CC)CNC(=O)N[C@H](CC(=O)O)C(=O)O. The standard InChI is InChI=1S/C13H24N2O5/c1-3-5-6-9(4-2)8-14-13(20)15-10(12(18)19)7-11(16)17/h9-10H,3-8H2,1-2H3,(H,16,17)(H,18,19)(H2,14,15,20)/t9?,10-/m1/s1. The van der Waals surface area contributed by atoms with E-state index in [4.69, 9.17) is 10.2 Å². The molecule has 0 aromatic rings. The van der Waals surface area contributed by atoms with Crippen molar-refractivity contribution in [3.8, 4) is 0 Å². The van der Waals surface area contributed by atoms with Crippen molar-refractivity contribution in [2.75, 3.05) is 6.54 Å². The number of aliphatic carboxylic acids is 2. The molecule has 4 N–H and O–H groups in total. The summed E-state index contributed by atoms with van der Waals surface area (Å²) in [6, 6.07) is -2.06. The van der Waals surface area contributed by atoms with Gasteiger partial charge < -0.3 is 20.8 Å². The number of carboxylic acid groups (broad SMARTS) is 2. The zero-order chi connectivity index (χ0) is 15.5. The van der Waals surface area contributed by atoms with Crippen LogP contribution >= 0.6 is 0 Å². The third kappa shape index (κ3) is 8.34. The molecule has 20 heavy (non-hydrogen) atoms. The normalized spacial score (nSPS) is 13.3. The molecule has 0 fully saturated rings. The van der Waals surface area contributed by atoms with Crippen molar-refractivity contribution >= 4 is 18.0 Å². The first kappa shape index (κ1) is 18.2. The van der Waals surface area contributed by atoms with E-state index in [1.54, 1.807) is 0 Å². The van der Waals surface area contributed by atoms with Gasteiger partial charge in [0.1, 0.15) is 6.04 Å². The zero-order valence-corrected chi connectivity index (χ0v) is 12.0. The second-order valence-corrected chi connectivity index (χ2v) is 4.76. The predicted octanol–water partition coefficient (Wildman–Crippen LogP) is 1.43. The number of unbranched alkanes of at least 4 members (excludes halogenated alkanes) is 1. The predicted molar refractivity (Wildman–Crippen MR) is 73.5 cm³/mol. The summed E-state index contributed by atoms with van der Waals surface area (Å²) in [6.45, 7) is 4.59. The number of amides is 2. The molecule has 2 atom stereocenters. The Balaban J connectivity index is 4.18. The van der Waals surface area contributed by atoms with Crippen molar-refractivity contribution in [2.45, 2.75) is 52.0 Å². The van der Waals surface area contributed by atoms with Gasteiger partial charge in [0, 0.05) is 6.54 Å². The number of nitrogens with one attached hydrogen (secondary N) is 2. The fourth-order valence-corrected chi connectivity index (χ4v) is 1.76. The number of hydrogen-bond donors (Lipinski definition) is 4. The first-order valence-electron chi connectivity index (χ1n) is 6.89. The van der Waals surface area contributed by atoms with Gasteiger partial charge in [0.15, 0.2) is 0 Å². The van der Waals surface area contributed by atoms with E-state index in [0.717, 1.165) is 25.7 Å². The highest BCUT2D eigenvalue weighted by Gasteiger charge is 2.23. The number of carbonyl (C=O) groups excluding carboxylic acids is 1. The van der Waals surface area contributed by atoms with Crippen molar-refractivity contribution in [2.24, 2.45) is 5.92 Å². The van der Waals surface area contributed by atoms with Crippen molar-refractivity contribution < 1.29 is 24.6 Å². The molecule has 0 saturated heterocycles. The number of rotatable bonds is 10. The topological polar surface area (TPSA) is 116 Å². The summed E-state index contributed by atoms with van der Waals surface area (Å²) in [5.41, 5.74) is 0. The Labute approximate surface area is 118 Å². The van der Waals surface area contributed by atoms with Crippen LogP contribution in [-0.4, -0.2) is 40.8 Å². The molecule has 0 aliphatic rings. The van der Waals surface area contributed by atoms with Gasteiger partial charge in [-0.3, -0.25) is 4.79 Å². The minimum absolute atomic E-state index is 0.350. The molecule has 0 aliphatic carbocycles. The molecule has 0 saturated carbocycles. The number of hydrogen-bond acceptors (Lipinski definition) is 3. The van der Waals surface area contributed by atoms with Gasteiger partial charge in [-0.25, -0.2) is 9.59 Å². The van der Waals surface area contributed by atoms with Crippen molar-refractivity contribution in [3.63, 3.8) is 0 Å². The van der Waals surface area contributed by atoms with E-state index in [0.29, 0.717) is 12.5 Å². The van der Waals surface area contributed by atoms with Crippen molar-refractivity contribution in [1.29, 1.82) is 0 Å². The largest absolute Gasteiger partial charge is 0.481 e. The lowest BCUT2D eigenvalue weighted by molar-refractivity contribution is -0.145. The van der Waals surface area contributed by atoms with Gasteiger partial charge in [0.25, 0.3) is 0 Å². The van der Waals surface area contributed by atoms with Crippen LogP contribution in [0.2, 0.25) is 0 Å². The van der Waals surface area contributed by atoms with Gasteiger partial charge in [0.2, 0.25) is 0 Å². The summed E-state index contributed by atoms with van der Waals surface area (Å²) in [6.07, 6.45) is 3.46. The van der Waals surface area contributed by atoms with Gasteiger partial charge in [-0.15, -0.1) is 0 Å². The molecule has 0 rings (SSSR count). The quantitative estimate of drug-likeness (QED) is 0.485. The van der Waals surface area contributed by atoms with E-state index in [1.165, 1.54) is 0 Å². The maximum absolute atomic E-state index is 11.6. The summed E-state index contributed by atoms with van der Waals surface area (Å²) in [7, 11) is 0. The molecule has 0 spiro atoms.